The molecule has 2 fully saturated rings. The number of halogens is 2. The molecule has 0 spiro atoms. The molecule has 2 heterocycles. The van der Waals surface area contributed by atoms with E-state index in [1.54, 1.807) is 6.07 Å². The number of anilines is 1. The van der Waals surface area contributed by atoms with Crippen molar-refractivity contribution in [1.29, 1.82) is 0 Å². The van der Waals surface area contributed by atoms with Crippen LogP contribution in [-0.2, 0) is 14.3 Å². The molecule has 5 nitrogen and oxygen atoms in total. The van der Waals surface area contributed by atoms with Gasteiger partial charge in [0.25, 0.3) is 0 Å². The van der Waals surface area contributed by atoms with Crippen LogP contribution in [0, 0.1) is 11.7 Å². The van der Waals surface area contributed by atoms with Crippen LogP contribution in [0.25, 0.3) is 0 Å². The van der Waals surface area contributed by atoms with E-state index in [0.29, 0.717) is 37.1 Å². The van der Waals surface area contributed by atoms with Gasteiger partial charge in [0, 0.05) is 23.9 Å². The van der Waals surface area contributed by atoms with Crippen LogP contribution < -0.4 is 5.32 Å². The van der Waals surface area contributed by atoms with Gasteiger partial charge in [-0.2, -0.15) is 0 Å². The number of ether oxygens (including phenoxy) is 2. The van der Waals surface area contributed by atoms with Gasteiger partial charge >= 0.3 is 0 Å². The van der Waals surface area contributed by atoms with Crippen LogP contribution in [0.4, 0.5) is 10.1 Å². The fourth-order valence-electron chi connectivity index (χ4n) is 3.16. The maximum Gasteiger partial charge on any atom is 0.225 e. The summed E-state index contributed by atoms with van der Waals surface area (Å²) in [6, 6.07) is 4.22. The number of piperidine rings is 1. The molecule has 24 heavy (non-hydrogen) atoms. The molecule has 132 valence electrons. The summed E-state index contributed by atoms with van der Waals surface area (Å²) in [5.74, 6) is -0.269. The summed E-state index contributed by atoms with van der Waals surface area (Å²) in [5.41, 5.74) is 0.165. The number of hydrogen-bond acceptors (Lipinski definition) is 4. The standard InChI is InChI=1S/C17H22ClFN2O3/c18-13-1-2-15(14(19)11-13)20-16(22)5-8-21-6-3-12(4-7-21)17-23-9-10-24-17/h1-2,11-12,17H,3-10H2,(H,20,22). The molecule has 1 amide bonds. The summed E-state index contributed by atoms with van der Waals surface area (Å²) in [4.78, 5) is 14.2. The minimum absolute atomic E-state index is 0.0525. The molecule has 2 saturated heterocycles. The molecular formula is C17H22ClFN2O3. The van der Waals surface area contributed by atoms with E-state index >= 15 is 0 Å². The summed E-state index contributed by atoms with van der Waals surface area (Å²) < 4.78 is 24.8. The van der Waals surface area contributed by atoms with Crippen molar-refractivity contribution in [2.45, 2.75) is 25.6 Å². The van der Waals surface area contributed by atoms with Crippen LogP contribution >= 0.6 is 11.6 Å². The van der Waals surface area contributed by atoms with Gasteiger partial charge in [0.1, 0.15) is 5.82 Å². The topological polar surface area (TPSA) is 50.8 Å². The quantitative estimate of drug-likeness (QED) is 0.881. The number of rotatable bonds is 5. The number of carbonyl (C=O) groups is 1. The smallest absolute Gasteiger partial charge is 0.225 e. The first-order chi connectivity index (χ1) is 11.6. The summed E-state index contributed by atoms with van der Waals surface area (Å²) in [7, 11) is 0. The van der Waals surface area contributed by atoms with E-state index in [0.717, 1.165) is 25.9 Å². The van der Waals surface area contributed by atoms with Gasteiger partial charge in [-0.1, -0.05) is 11.6 Å². The summed E-state index contributed by atoms with van der Waals surface area (Å²) >= 11 is 5.70. The molecule has 0 saturated carbocycles. The maximum absolute atomic E-state index is 13.7. The second kappa shape index (κ2) is 8.25. The van der Waals surface area contributed by atoms with Crippen molar-refractivity contribution >= 4 is 23.2 Å². The Morgan fingerprint density at radius 2 is 2.00 bits per heavy atom. The highest BCUT2D eigenvalue weighted by Crippen LogP contribution is 2.26. The molecule has 0 aliphatic carbocycles. The van der Waals surface area contributed by atoms with E-state index in [-0.39, 0.29) is 17.9 Å². The van der Waals surface area contributed by atoms with Crippen LogP contribution in [0.5, 0.6) is 0 Å². The molecule has 1 aromatic carbocycles. The molecule has 3 rings (SSSR count). The zero-order chi connectivity index (χ0) is 16.9. The first-order valence-corrected chi connectivity index (χ1v) is 8.70. The van der Waals surface area contributed by atoms with E-state index < -0.39 is 5.82 Å². The molecule has 0 radical (unpaired) electrons. The second-order valence-electron chi connectivity index (χ2n) is 6.21. The van der Waals surface area contributed by atoms with Crippen LogP contribution in [0.1, 0.15) is 19.3 Å². The number of nitrogens with one attached hydrogen (secondary N) is 1. The number of benzene rings is 1. The number of likely N-dealkylation sites (tertiary alicyclic amines) is 1. The lowest BCUT2D eigenvalue weighted by molar-refractivity contribution is -0.117. The third-order valence-electron chi connectivity index (χ3n) is 4.53. The van der Waals surface area contributed by atoms with Crippen LogP contribution in [0.2, 0.25) is 5.02 Å². The minimum Gasteiger partial charge on any atom is -0.350 e. The van der Waals surface area contributed by atoms with Crippen LogP contribution in [0.3, 0.4) is 0 Å². The van der Waals surface area contributed by atoms with E-state index in [9.17, 15) is 9.18 Å². The fraction of sp³-hybridized carbons (Fsp3) is 0.588. The zero-order valence-electron chi connectivity index (χ0n) is 13.5. The maximum atomic E-state index is 13.7. The minimum atomic E-state index is -0.520. The predicted molar refractivity (Wildman–Crippen MR) is 89.5 cm³/mol. The Kier molecular flexibility index (Phi) is 6.05. The Labute approximate surface area is 146 Å². The highest BCUT2D eigenvalue weighted by molar-refractivity contribution is 6.30. The van der Waals surface area contributed by atoms with E-state index in [1.807, 2.05) is 0 Å². The molecule has 0 aromatic heterocycles. The van der Waals surface area contributed by atoms with Crippen molar-refractivity contribution in [3.63, 3.8) is 0 Å². The number of nitrogens with zero attached hydrogens (tertiary/aromatic N) is 1. The third-order valence-corrected chi connectivity index (χ3v) is 4.76. The summed E-state index contributed by atoms with van der Waals surface area (Å²) in [6.07, 6.45) is 2.31. The van der Waals surface area contributed by atoms with Crippen molar-refractivity contribution in [2.75, 3.05) is 38.2 Å². The van der Waals surface area contributed by atoms with Gasteiger partial charge in [0.15, 0.2) is 6.29 Å². The summed E-state index contributed by atoms with van der Waals surface area (Å²) in [5, 5.41) is 2.90. The lowest BCUT2D eigenvalue weighted by atomic mass is 9.96. The average molecular weight is 357 g/mol. The average Bonchev–Trinajstić information content (AvgIpc) is 3.11. The number of amides is 1. The number of hydrogen-bond donors (Lipinski definition) is 1. The van der Waals surface area contributed by atoms with Crippen molar-refractivity contribution in [3.8, 4) is 0 Å². The van der Waals surface area contributed by atoms with Crippen molar-refractivity contribution in [1.82, 2.24) is 4.90 Å². The molecule has 7 heteroatoms. The largest absolute Gasteiger partial charge is 0.350 e. The van der Waals surface area contributed by atoms with Gasteiger partial charge in [-0.05, 0) is 44.1 Å². The van der Waals surface area contributed by atoms with Gasteiger partial charge in [0.2, 0.25) is 5.91 Å². The van der Waals surface area contributed by atoms with Crippen LogP contribution in [-0.4, -0.2) is 49.9 Å². The normalized spacial score (nSPS) is 20.4. The van der Waals surface area contributed by atoms with Gasteiger partial charge in [-0.15, -0.1) is 0 Å². The molecule has 2 aliphatic heterocycles. The van der Waals surface area contributed by atoms with Gasteiger partial charge in [-0.25, -0.2) is 4.39 Å². The molecule has 0 bridgehead atoms. The number of carbonyl (C=O) groups excluding carboxylic acids is 1. The monoisotopic (exact) mass is 356 g/mol. The Morgan fingerprint density at radius 1 is 1.29 bits per heavy atom. The predicted octanol–water partition coefficient (Wildman–Crippen LogP) is 2.89. The molecule has 0 unspecified atom stereocenters. The highest BCUT2D eigenvalue weighted by atomic mass is 35.5. The Bertz CT molecular complexity index is 573. The van der Waals surface area contributed by atoms with E-state index in [2.05, 4.69) is 10.2 Å². The van der Waals surface area contributed by atoms with Crippen molar-refractivity contribution in [2.24, 2.45) is 5.92 Å². The van der Waals surface area contributed by atoms with E-state index in [1.165, 1.54) is 12.1 Å². The molecule has 1 aromatic rings. The van der Waals surface area contributed by atoms with Gasteiger partial charge < -0.3 is 19.7 Å². The first kappa shape index (κ1) is 17.6. The van der Waals surface area contributed by atoms with Gasteiger partial charge in [0.05, 0.1) is 18.9 Å². The second-order valence-corrected chi connectivity index (χ2v) is 6.65. The first-order valence-electron chi connectivity index (χ1n) is 8.32. The Morgan fingerprint density at radius 3 is 2.67 bits per heavy atom. The third kappa shape index (κ3) is 4.66. The molecule has 2 aliphatic rings. The van der Waals surface area contributed by atoms with E-state index in [4.69, 9.17) is 21.1 Å². The molecule has 0 atom stereocenters. The molecule has 1 N–H and O–H groups in total. The van der Waals surface area contributed by atoms with Crippen LogP contribution in [0.15, 0.2) is 18.2 Å². The Balaban J connectivity index is 1.39. The lowest BCUT2D eigenvalue weighted by Crippen LogP contribution is -2.39. The van der Waals surface area contributed by atoms with Gasteiger partial charge in [-0.3, -0.25) is 4.79 Å². The fourth-order valence-corrected chi connectivity index (χ4v) is 3.32. The summed E-state index contributed by atoms with van der Waals surface area (Å²) in [6.45, 7) is 3.89. The molecular weight excluding hydrogens is 335 g/mol. The van der Waals surface area contributed by atoms with Crippen molar-refractivity contribution < 1.29 is 18.7 Å². The highest BCUT2D eigenvalue weighted by Gasteiger charge is 2.30. The SMILES string of the molecule is O=C(CCN1CCC(C2OCCO2)CC1)Nc1ccc(Cl)cc1F. The lowest BCUT2D eigenvalue weighted by Gasteiger charge is -2.33. The van der Waals surface area contributed by atoms with Crippen molar-refractivity contribution in [3.05, 3.63) is 29.0 Å². The Hall–Kier alpha value is -1.21. The zero-order valence-corrected chi connectivity index (χ0v) is 14.2.